The number of methoxy groups -OCH3 is 2. The van der Waals surface area contributed by atoms with Crippen LogP contribution >= 0.6 is 0 Å². The van der Waals surface area contributed by atoms with Crippen LogP contribution < -0.4 is 21.3 Å². The predicted molar refractivity (Wildman–Crippen MR) is 194 cm³/mol. The largest absolute Gasteiger partial charge is 0.453 e. The van der Waals surface area contributed by atoms with Crippen LogP contribution in [0.3, 0.4) is 0 Å². The number of hydrogen-bond acceptors (Lipinski definition) is 8. The fraction of sp³-hybridized carbons (Fsp3) is 0.474. The molecule has 52 heavy (non-hydrogen) atoms. The lowest BCUT2D eigenvalue weighted by atomic mass is 10.0. The van der Waals surface area contributed by atoms with Gasteiger partial charge in [-0.3, -0.25) is 19.2 Å². The summed E-state index contributed by atoms with van der Waals surface area (Å²) in [6.45, 7) is 8.06. The van der Waals surface area contributed by atoms with Crippen molar-refractivity contribution in [1.82, 2.24) is 20.4 Å². The van der Waals surface area contributed by atoms with E-state index in [0.717, 1.165) is 0 Å². The molecule has 0 radical (unpaired) electrons. The summed E-state index contributed by atoms with van der Waals surface area (Å²) in [5.41, 5.74) is 2.30. The Hall–Kier alpha value is -5.58. The van der Waals surface area contributed by atoms with Crippen LogP contribution in [-0.4, -0.2) is 97.1 Å². The van der Waals surface area contributed by atoms with Crippen molar-refractivity contribution in [1.29, 1.82) is 0 Å². The molecule has 2 heterocycles. The van der Waals surface area contributed by atoms with Crippen LogP contribution in [0.5, 0.6) is 0 Å². The minimum absolute atomic E-state index is 0.211. The van der Waals surface area contributed by atoms with E-state index in [2.05, 4.69) is 42.6 Å². The molecule has 0 unspecified atom stereocenters. The topological polar surface area (TPSA) is 175 Å². The lowest BCUT2D eigenvalue weighted by Crippen LogP contribution is -2.54. The number of rotatable bonds is 10. The third-order valence-corrected chi connectivity index (χ3v) is 9.07. The first-order chi connectivity index (χ1) is 24.8. The van der Waals surface area contributed by atoms with Crippen molar-refractivity contribution in [2.75, 3.05) is 37.9 Å². The van der Waals surface area contributed by atoms with E-state index in [0.29, 0.717) is 61.3 Å². The number of anilines is 2. The number of nitrogens with zero attached hydrogens (tertiary/aromatic N) is 2. The molecule has 14 nitrogen and oxygen atoms in total. The maximum absolute atomic E-state index is 13.4. The third-order valence-electron chi connectivity index (χ3n) is 9.07. The summed E-state index contributed by atoms with van der Waals surface area (Å²) in [6, 6.07) is 11.0. The second kappa shape index (κ2) is 18.1. The normalized spacial score (nSPS) is 17.8. The van der Waals surface area contributed by atoms with E-state index in [4.69, 9.17) is 0 Å². The van der Waals surface area contributed by atoms with E-state index in [1.165, 1.54) is 24.0 Å². The van der Waals surface area contributed by atoms with Crippen molar-refractivity contribution in [2.45, 2.75) is 77.5 Å². The Morgan fingerprint density at radius 3 is 1.38 bits per heavy atom. The Balaban J connectivity index is 1.40. The SMILES string of the molecule is COC(=O)N[C@@H](C(=O)N1CCC[C@H]1C(=O)Nc1cccc(C#Cc2cccc(NC(=O)[C@@H]3CCCN3C(=O)[C@H](NC(=O)OC)C(C)C)c2)c1)C(C)C. The van der Waals surface area contributed by atoms with Gasteiger partial charge in [0.05, 0.1) is 14.2 Å². The number of carbonyl (C=O) groups is 6. The second-order valence-electron chi connectivity index (χ2n) is 13.5. The number of hydrogen-bond donors (Lipinski definition) is 4. The Morgan fingerprint density at radius 1 is 0.654 bits per heavy atom. The molecule has 2 aliphatic heterocycles. The summed E-state index contributed by atoms with van der Waals surface area (Å²) in [7, 11) is 2.46. The first-order valence-electron chi connectivity index (χ1n) is 17.5. The van der Waals surface area contributed by atoms with Crippen molar-refractivity contribution in [3.05, 3.63) is 59.7 Å². The number of amides is 6. The number of ether oxygens (including phenoxy) is 2. The molecule has 278 valence electrons. The van der Waals surface area contributed by atoms with E-state index in [9.17, 15) is 28.8 Å². The summed E-state index contributed by atoms with van der Waals surface area (Å²) in [6.07, 6.45) is 0.876. The second-order valence-corrected chi connectivity index (χ2v) is 13.5. The van der Waals surface area contributed by atoms with Gasteiger partial charge < -0.3 is 40.5 Å². The minimum Gasteiger partial charge on any atom is -0.453 e. The van der Waals surface area contributed by atoms with Gasteiger partial charge in [-0.05, 0) is 73.9 Å². The van der Waals surface area contributed by atoms with E-state index in [1.807, 2.05) is 27.7 Å². The lowest BCUT2D eigenvalue weighted by molar-refractivity contribution is -0.139. The predicted octanol–water partition coefficient (Wildman–Crippen LogP) is 3.71. The minimum atomic E-state index is -0.827. The fourth-order valence-corrected chi connectivity index (χ4v) is 6.31. The molecule has 0 aromatic heterocycles. The van der Waals surface area contributed by atoms with Crippen molar-refractivity contribution in [2.24, 2.45) is 11.8 Å². The standard InChI is InChI=1S/C38H48N6O8/c1-23(2)31(41-37(49)51-5)35(47)43-19-9-15-29(43)33(45)39-27-13-7-11-25(21-27)17-18-26-12-8-14-28(22-26)40-34(46)30-16-10-20-44(30)36(48)32(24(3)4)42-38(50)52-6/h7-8,11-14,21-24,29-32H,9-10,15-16,19-20H2,1-6H3,(H,39,45)(H,40,46)(H,41,49)(H,42,50)/t29-,30-,31+,32+/m0/s1. The van der Waals surface area contributed by atoms with Crippen LogP contribution in [0.15, 0.2) is 48.5 Å². The highest BCUT2D eigenvalue weighted by Crippen LogP contribution is 2.24. The van der Waals surface area contributed by atoms with Crippen LogP contribution in [0.4, 0.5) is 21.0 Å². The van der Waals surface area contributed by atoms with Crippen LogP contribution in [0, 0.1) is 23.7 Å². The number of benzene rings is 2. The highest BCUT2D eigenvalue weighted by Gasteiger charge is 2.40. The van der Waals surface area contributed by atoms with Gasteiger partial charge in [0.25, 0.3) is 0 Å². The van der Waals surface area contributed by atoms with E-state index in [1.54, 1.807) is 48.5 Å². The molecule has 4 rings (SSSR count). The first-order valence-corrected chi connectivity index (χ1v) is 17.5. The van der Waals surface area contributed by atoms with Crippen molar-refractivity contribution in [3.63, 3.8) is 0 Å². The highest BCUT2D eigenvalue weighted by molar-refractivity contribution is 6.00. The number of carbonyl (C=O) groups excluding carboxylic acids is 6. The Bertz CT molecular complexity index is 1590. The molecule has 2 aromatic rings. The molecule has 14 heteroatoms. The quantitative estimate of drug-likeness (QED) is 0.269. The van der Waals surface area contributed by atoms with Crippen molar-refractivity contribution < 1.29 is 38.2 Å². The van der Waals surface area contributed by atoms with Crippen molar-refractivity contribution >= 4 is 47.2 Å². The molecular weight excluding hydrogens is 668 g/mol. The average Bonchev–Trinajstić information content (AvgIpc) is 3.82. The van der Waals surface area contributed by atoms with Crippen LogP contribution in [0.2, 0.25) is 0 Å². The number of nitrogens with one attached hydrogen (secondary N) is 4. The van der Waals surface area contributed by atoms with Gasteiger partial charge in [-0.2, -0.15) is 0 Å². The molecule has 4 N–H and O–H groups in total. The smallest absolute Gasteiger partial charge is 0.407 e. The molecule has 0 bridgehead atoms. The fourth-order valence-electron chi connectivity index (χ4n) is 6.31. The van der Waals surface area contributed by atoms with Gasteiger partial charge in [0.2, 0.25) is 23.6 Å². The molecular formula is C38H48N6O8. The van der Waals surface area contributed by atoms with Gasteiger partial charge in [-0.15, -0.1) is 0 Å². The number of alkyl carbamates (subject to hydrolysis) is 2. The van der Waals surface area contributed by atoms with Crippen LogP contribution in [-0.2, 0) is 28.7 Å². The summed E-state index contributed by atoms with van der Waals surface area (Å²) in [5, 5.41) is 11.0. The monoisotopic (exact) mass is 716 g/mol. The molecule has 0 aliphatic carbocycles. The lowest BCUT2D eigenvalue weighted by Gasteiger charge is -2.30. The zero-order valence-corrected chi connectivity index (χ0v) is 30.5. The molecule has 4 atom stereocenters. The van der Waals surface area contributed by atoms with Gasteiger partial charge in [0.1, 0.15) is 24.2 Å². The zero-order chi connectivity index (χ0) is 37.9. The van der Waals surface area contributed by atoms with Gasteiger partial charge >= 0.3 is 12.2 Å². The van der Waals surface area contributed by atoms with Gasteiger partial charge in [0, 0.05) is 35.6 Å². The Labute approximate surface area is 304 Å². The maximum atomic E-state index is 13.4. The van der Waals surface area contributed by atoms with Crippen LogP contribution in [0.1, 0.15) is 64.5 Å². The molecule has 2 saturated heterocycles. The molecule has 0 spiro atoms. The average molecular weight is 717 g/mol. The molecule has 2 aliphatic rings. The molecule has 6 amide bonds. The maximum Gasteiger partial charge on any atom is 0.407 e. The van der Waals surface area contributed by atoms with E-state index >= 15 is 0 Å². The Kier molecular flexibility index (Phi) is 13.6. The zero-order valence-electron chi connectivity index (χ0n) is 30.5. The van der Waals surface area contributed by atoms with Gasteiger partial charge in [0.15, 0.2) is 0 Å². The van der Waals surface area contributed by atoms with E-state index < -0.39 is 36.4 Å². The molecule has 2 fully saturated rings. The van der Waals surface area contributed by atoms with Crippen molar-refractivity contribution in [3.8, 4) is 11.8 Å². The number of likely N-dealkylation sites (tertiary alicyclic amines) is 2. The summed E-state index contributed by atoms with van der Waals surface area (Å²) >= 11 is 0. The highest BCUT2D eigenvalue weighted by atomic mass is 16.5. The van der Waals surface area contributed by atoms with Gasteiger partial charge in [-0.25, -0.2) is 9.59 Å². The Morgan fingerprint density at radius 2 is 1.04 bits per heavy atom. The summed E-state index contributed by atoms with van der Waals surface area (Å²) in [4.78, 5) is 80.2. The molecule has 0 saturated carbocycles. The van der Waals surface area contributed by atoms with E-state index in [-0.39, 0.29) is 35.5 Å². The van der Waals surface area contributed by atoms with Gasteiger partial charge in [-0.1, -0.05) is 51.7 Å². The molecule has 2 aromatic carbocycles. The van der Waals surface area contributed by atoms with Crippen LogP contribution in [0.25, 0.3) is 0 Å². The summed E-state index contributed by atoms with van der Waals surface area (Å²) in [5.74, 6) is 4.43. The summed E-state index contributed by atoms with van der Waals surface area (Å²) < 4.78 is 9.36. The first kappa shape index (κ1) is 39.2. The third kappa shape index (κ3) is 10.0.